The average Bonchev–Trinajstić information content (AvgIpc) is 3.50. The van der Waals surface area contributed by atoms with E-state index in [1.165, 1.54) is 0 Å². The Kier molecular flexibility index (Phi) is 8.93. The molecule has 5 rings (SSSR count). The van der Waals surface area contributed by atoms with Crippen molar-refractivity contribution in [2.45, 2.75) is 76.3 Å². The molecule has 3 aromatic carbocycles. The minimum Gasteiger partial charge on any atom is -0.487 e. The highest BCUT2D eigenvalue weighted by Gasteiger charge is 2.37. The fourth-order valence-corrected chi connectivity index (χ4v) is 7.85. The Hall–Kier alpha value is -4.38. The van der Waals surface area contributed by atoms with Crippen LogP contribution in [0.1, 0.15) is 66.0 Å². The lowest BCUT2D eigenvalue weighted by molar-refractivity contribution is -0.109. The molecule has 0 spiro atoms. The average molecular weight is 634 g/mol. The van der Waals surface area contributed by atoms with Crippen LogP contribution in [0.5, 0.6) is 5.75 Å². The molecule has 1 atom stereocenters. The molecule has 2 aliphatic rings. The zero-order valence-corrected chi connectivity index (χ0v) is 27.0. The van der Waals surface area contributed by atoms with Crippen LogP contribution >= 0.6 is 0 Å². The van der Waals surface area contributed by atoms with Gasteiger partial charge in [0.2, 0.25) is 0 Å². The monoisotopic (exact) mass is 633 g/mol. The molecule has 1 heterocycles. The molecule has 0 bridgehead atoms. The molecule has 0 radical (unpaired) electrons. The molecule has 3 aromatic rings. The first-order valence-corrected chi connectivity index (χ1v) is 16.5. The van der Waals surface area contributed by atoms with Gasteiger partial charge in [-0.2, -0.15) is 0 Å². The molecule has 10 nitrogen and oxygen atoms in total. The summed E-state index contributed by atoms with van der Waals surface area (Å²) in [5, 5.41) is 5.09. The molecule has 0 aromatic heterocycles. The smallest absolute Gasteiger partial charge is 0.407 e. The van der Waals surface area contributed by atoms with E-state index in [9.17, 15) is 22.8 Å². The summed E-state index contributed by atoms with van der Waals surface area (Å²) in [7, 11) is -4.17. The van der Waals surface area contributed by atoms with Gasteiger partial charge in [-0.1, -0.05) is 48.5 Å². The van der Waals surface area contributed by atoms with Crippen LogP contribution in [0.2, 0.25) is 0 Å². The zero-order valence-electron chi connectivity index (χ0n) is 26.2. The number of sulfonamides is 1. The highest BCUT2D eigenvalue weighted by atomic mass is 32.2. The van der Waals surface area contributed by atoms with E-state index in [2.05, 4.69) is 15.4 Å². The van der Waals surface area contributed by atoms with Crippen molar-refractivity contribution in [2.75, 3.05) is 13.2 Å². The molecule has 0 fully saturated rings. The first-order chi connectivity index (χ1) is 21.3. The fraction of sp³-hybridized carbons (Fsp3) is 0.382. The molecule has 3 amide bonds. The summed E-state index contributed by atoms with van der Waals surface area (Å²) in [6, 6.07) is 14.3. The van der Waals surface area contributed by atoms with Crippen LogP contribution in [0.25, 0.3) is 11.1 Å². The van der Waals surface area contributed by atoms with Crippen molar-refractivity contribution >= 4 is 28.4 Å². The Morgan fingerprint density at radius 2 is 1.62 bits per heavy atom. The Bertz CT molecular complexity index is 1720. The largest absolute Gasteiger partial charge is 0.487 e. The van der Waals surface area contributed by atoms with E-state index in [4.69, 9.17) is 9.47 Å². The second-order valence-electron chi connectivity index (χ2n) is 12.3. The number of carbonyl (C=O) groups excluding carboxylic acids is 3. The second-order valence-corrected chi connectivity index (χ2v) is 13.9. The minimum absolute atomic E-state index is 0.0727. The van der Waals surface area contributed by atoms with Crippen LogP contribution in [0.3, 0.4) is 0 Å². The van der Waals surface area contributed by atoms with E-state index >= 15 is 0 Å². The van der Waals surface area contributed by atoms with Gasteiger partial charge in [-0.15, -0.1) is 0 Å². The Morgan fingerprint density at radius 1 is 1.00 bits per heavy atom. The van der Waals surface area contributed by atoms with Gasteiger partial charge >= 0.3 is 12.1 Å². The molecule has 45 heavy (non-hydrogen) atoms. The van der Waals surface area contributed by atoms with E-state index < -0.39 is 33.8 Å². The van der Waals surface area contributed by atoms with E-state index in [0.29, 0.717) is 36.0 Å². The predicted octanol–water partition coefficient (Wildman–Crippen LogP) is 5.20. The molecule has 0 unspecified atom stereocenters. The normalized spacial score (nSPS) is 15.2. The van der Waals surface area contributed by atoms with Crippen molar-refractivity contribution in [2.24, 2.45) is 0 Å². The lowest BCUT2D eigenvalue weighted by Gasteiger charge is -2.19. The number of carbonyl (C=O) groups is 3. The minimum atomic E-state index is -4.17. The van der Waals surface area contributed by atoms with Gasteiger partial charge in [-0.05, 0) is 86.4 Å². The Balaban J connectivity index is 1.10. The summed E-state index contributed by atoms with van der Waals surface area (Å²) in [4.78, 5) is 36.9. The third-order valence-corrected chi connectivity index (χ3v) is 10.2. The number of hydrogen-bond donors (Lipinski definition) is 3. The maximum absolute atomic E-state index is 13.3. The number of urea groups is 1. The van der Waals surface area contributed by atoms with Crippen LogP contribution in [-0.2, 0) is 26.0 Å². The molecule has 238 valence electrons. The van der Waals surface area contributed by atoms with Gasteiger partial charge in [-0.3, -0.25) is 0 Å². The number of benzene rings is 3. The number of nitrogens with one attached hydrogen (secondary N) is 3. The number of aldehydes is 1. The first kappa shape index (κ1) is 32.0. The van der Waals surface area contributed by atoms with Gasteiger partial charge in [0.15, 0.2) is 0 Å². The van der Waals surface area contributed by atoms with Crippen molar-refractivity contribution in [1.82, 2.24) is 15.4 Å². The lowest BCUT2D eigenvalue weighted by atomic mass is 9.94. The third kappa shape index (κ3) is 6.54. The van der Waals surface area contributed by atoms with Crippen LogP contribution in [0.15, 0.2) is 53.4 Å². The number of alkyl carbamates (subject to hydrolysis) is 1. The molecule has 11 heteroatoms. The van der Waals surface area contributed by atoms with Crippen LogP contribution in [0.4, 0.5) is 9.59 Å². The summed E-state index contributed by atoms with van der Waals surface area (Å²) < 4.78 is 40.2. The lowest BCUT2D eigenvalue weighted by Crippen LogP contribution is -2.41. The van der Waals surface area contributed by atoms with Crippen molar-refractivity contribution < 1.29 is 32.3 Å². The van der Waals surface area contributed by atoms with Gasteiger partial charge < -0.3 is 24.9 Å². The zero-order chi connectivity index (χ0) is 32.5. The third-order valence-electron chi connectivity index (χ3n) is 8.58. The van der Waals surface area contributed by atoms with Gasteiger partial charge in [0, 0.05) is 24.4 Å². The molecule has 1 aliphatic carbocycles. The van der Waals surface area contributed by atoms with E-state index in [-0.39, 0.29) is 30.4 Å². The summed E-state index contributed by atoms with van der Waals surface area (Å²) in [6.45, 7) is 9.34. The maximum Gasteiger partial charge on any atom is 0.407 e. The van der Waals surface area contributed by atoms with Gasteiger partial charge in [0.05, 0.1) is 10.9 Å². The molecule has 0 saturated heterocycles. The fourth-order valence-electron chi connectivity index (χ4n) is 6.35. The summed E-state index contributed by atoms with van der Waals surface area (Å²) in [5.74, 6) is 0.597. The summed E-state index contributed by atoms with van der Waals surface area (Å²) >= 11 is 0. The highest BCUT2D eigenvalue weighted by molar-refractivity contribution is 7.90. The summed E-state index contributed by atoms with van der Waals surface area (Å²) in [5.41, 5.74) is 6.59. The molecular weight excluding hydrogens is 594 g/mol. The molecule has 0 saturated carbocycles. The van der Waals surface area contributed by atoms with E-state index in [0.717, 1.165) is 33.4 Å². The number of rotatable bonds is 10. The molecule has 1 aliphatic heterocycles. The highest BCUT2D eigenvalue weighted by Crippen LogP contribution is 2.45. The van der Waals surface area contributed by atoms with Crippen LogP contribution in [0, 0.1) is 20.8 Å². The Labute approximate surface area is 263 Å². The number of fused-ring (bicyclic) bond motifs is 4. The standard InChI is InChI=1S/C34H39N3O7S/c1-20-21(2)31(22(3)28-17-34(4,5)44-30(20)28)45(41,42)37-32(39)35-16-10-11-23(18-38)36-33(40)43-19-29-26-14-8-6-12-24(26)25-13-7-9-15-27(25)29/h6-9,12-15,18,23,29H,10-11,16-17,19H2,1-5H3,(H,36,40)(H2,35,37,39)/t23-/m0/s1. The maximum atomic E-state index is 13.3. The first-order valence-electron chi connectivity index (χ1n) is 15.0. The topological polar surface area (TPSA) is 140 Å². The van der Waals surface area contributed by atoms with Gasteiger partial charge in [0.1, 0.15) is 24.2 Å². The van der Waals surface area contributed by atoms with E-state index in [1.54, 1.807) is 13.8 Å². The number of amides is 3. The van der Waals surface area contributed by atoms with Crippen molar-refractivity contribution in [1.29, 1.82) is 0 Å². The number of ether oxygens (including phenoxy) is 2. The van der Waals surface area contributed by atoms with Gasteiger partial charge in [-0.25, -0.2) is 22.7 Å². The SMILES string of the molecule is Cc1c(C)c(S(=O)(=O)NC(=O)NCCC[C@@H](C=O)NC(=O)OCC2c3ccccc3-c3ccccc32)c(C)c2c1OC(C)(C)C2. The predicted molar refractivity (Wildman–Crippen MR) is 170 cm³/mol. The number of hydrogen-bond acceptors (Lipinski definition) is 7. The van der Waals surface area contributed by atoms with E-state index in [1.807, 2.05) is 69.3 Å². The van der Waals surface area contributed by atoms with Gasteiger partial charge in [0.25, 0.3) is 10.0 Å². The van der Waals surface area contributed by atoms with Crippen molar-refractivity contribution in [3.8, 4) is 16.9 Å². The Morgan fingerprint density at radius 3 is 2.24 bits per heavy atom. The van der Waals surface area contributed by atoms with Crippen LogP contribution < -0.4 is 20.1 Å². The van der Waals surface area contributed by atoms with Crippen molar-refractivity contribution in [3.05, 3.63) is 81.9 Å². The van der Waals surface area contributed by atoms with Crippen molar-refractivity contribution in [3.63, 3.8) is 0 Å². The van der Waals surface area contributed by atoms with Crippen LogP contribution in [-0.4, -0.2) is 51.6 Å². The quantitative estimate of drug-likeness (QED) is 0.206. The molecular formula is C34H39N3O7S. The summed E-state index contributed by atoms with van der Waals surface area (Å²) in [6.07, 6.45) is 0.988. The second kappa shape index (κ2) is 12.5. The molecule has 3 N–H and O–H groups in total.